The Labute approximate surface area is 124 Å². The SMILES string of the molecule is Cc1cn([C@H]2C[C@H](O)[C@@H](COP(=O)(O)O)O2)c(=S)[nH]c1=O. The topological polar surface area (TPSA) is 134 Å². The van der Waals surface area contributed by atoms with Crippen molar-refractivity contribution in [1.82, 2.24) is 9.55 Å². The monoisotopic (exact) mass is 338 g/mol. The lowest BCUT2D eigenvalue weighted by atomic mass is 10.2. The fourth-order valence-electron chi connectivity index (χ4n) is 2.01. The fraction of sp³-hybridized carbons (Fsp3) is 0.600. The first kappa shape index (κ1) is 16.5. The quantitative estimate of drug-likeness (QED) is 0.444. The van der Waals surface area contributed by atoms with Crippen molar-refractivity contribution in [1.29, 1.82) is 0 Å². The van der Waals surface area contributed by atoms with Crippen LogP contribution in [0.2, 0.25) is 0 Å². The average molecular weight is 338 g/mol. The summed E-state index contributed by atoms with van der Waals surface area (Å²) in [7, 11) is -4.63. The highest BCUT2D eigenvalue weighted by molar-refractivity contribution is 7.71. The lowest BCUT2D eigenvalue weighted by Gasteiger charge is -2.17. The fourth-order valence-corrected chi connectivity index (χ4v) is 2.61. The van der Waals surface area contributed by atoms with Gasteiger partial charge in [0.2, 0.25) is 0 Å². The zero-order chi connectivity index (χ0) is 15.8. The summed E-state index contributed by atoms with van der Waals surface area (Å²) < 4.78 is 22.1. The first-order chi connectivity index (χ1) is 9.67. The average Bonchev–Trinajstić information content (AvgIpc) is 2.72. The van der Waals surface area contributed by atoms with Crippen LogP contribution in [0.4, 0.5) is 0 Å². The van der Waals surface area contributed by atoms with Crippen molar-refractivity contribution >= 4 is 20.0 Å². The predicted molar refractivity (Wildman–Crippen MR) is 73.2 cm³/mol. The molecule has 0 radical (unpaired) electrons. The Morgan fingerprint density at radius 1 is 1.62 bits per heavy atom. The maximum Gasteiger partial charge on any atom is 0.469 e. The van der Waals surface area contributed by atoms with E-state index in [9.17, 15) is 14.5 Å². The number of nitrogens with zero attached hydrogens (tertiary/aromatic N) is 1. The second-order valence-electron chi connectivity index (χ2n) is 4.70. The number of aliphatic hydroxyl groups is 1. The van der Waals surface area contributed by atoms with Gasteiger partial charge in [-0.1, -0.05) is 0 Å². The lowest BCUT2D eigenvalue weighted by molar-refractivity contribution is -0.0445. The largest absolute Gasteiger partial charge is 0.469 e. The summed E-state index contributed by atoms with van der Waals surface area (Å²) in [5.41, 5.74) is 0.118. The minimum Gasteiger partial charge on any atom is -0.390 e. The van der Waals surface area contributed by atoms with Gasteiger partial charge in [-0.2, -0.15) is 0 Å². The lowest BCUT2D eigenvalue weighted by Crippen LogP contribution is -2.26. The van der Waals surface area contributed by atoms with Crippen LogP contribution in [0.5, 0.6) is 0 Å². The highest BCUT2D eigenvalue weighted by Crippen LogP contribution is 2.38. The summed E-state index contributed by atoms with van der Waals surface area (Å²) >= 11 is 5.03. The van der Waals surface area contributed by atoms with E-state index in [4.69, 9.17) is 26.7 Å². The van der Waals surface area contributed by atoms with Crippen LogP contribution in [-0.2, 0) is 13.8 Å². The molecule has 1 aromatic rings. The molecular formula is C10H15N2O7PS. The molecule has 1 aliphatic heterocycles. The van der Waals surface area contributed by atoms with E-state index in [1.54, 1.807) is 6.92 Å². The Bertz CT molecular complexity index is 681. The number of aromatic nitrogens is 2. The number of hydrogen-bond acceptors (Lipinski definition) is 6. The number of aromatic amines is 1. The second kappa shape index (κ2) is 6.09. The molecule has 0 unspecified atom stereocenters. The Morgan fingerprint density at radius 2 is 2.29 bits per heavy atom. The van der Waals surface area contributed by atoms with Crippen molar-refractivity contribution in [3.05, 3.63) is 26.9 Å². The molecule has 1 aliphatic rings. The minimum absolute atomic E-state index is 0.138. The van der Waals surface area contributed by atoms with Gasteiger partial charge in [0.1, 0.15) is 12.3 Å². The molecular weight excluding hydrogens is 323 g/mol. The summed E-state index contributed by atoms with van der Waals surface area (Å²) in [6, 6.07) is 0. The highest BCUT2D eigenvalue weighted by Gasteiger charge is 2.36. The predicted octanol–water partition coefficient (Wildman–Crippen LogP) is -0.0280. The van der Waals surface area contributed by atoms with Crippen molar-refractivity contribution in [2.45, 2.75) is 31.8 Å². The van der Waals surface area contributed by atoms with Crippen molar-refractivity contribution < 1.29 is 28.7 Å². The molecule has 0 saturated carbocycles. The molecule has 4 N–H and O–H groups in total. The molecule has 1 fully saturated rings. The Hall–Kier alpha value is -0.870. The van der Waals surface area contributed by atoms with Crippen LogP contribution in [-0.4, -0.2) is 43.3 Å². The van der Waals surface area contributed by atoms with Crippen LogP contribution in [0.15, 0.2) is 11.0 Å². The maximum atomic E-state index is 11.4. The number of rotatable bonds is 4. The van der Waals surface area contributed by atoms with Crippen molar-refractivity contribution in [3.8, 4) is 0 Å². The van der Waals surface area contributed by atoms with Gasteiger partial charge in [-0.25, -0.2) is 4.57 Å². The highest BCUT2D eigenvalue weighted by atomic mass is 32.1. The van der Waals surface area contributed by atoms with Crippen molar-refractivity contribution in [2.75, 3.05) is 6.61 Å². The molecule has 1 saturated heterocycles. The van der Waals surface area contributed by atoms with Gasteiger partial charge >= 0.3 is 7.82 Å². The number of aliphatic hydroxyl groups excluding tert-OH is 1. The number of nitrogens with one attached hydrogen (secondary N) is 1. The Morgan fingerprint density at radius 3 is 2.90 bits per heavy atom. The first-order valence-corrected chi connectivity index (χ1v) is 7.97. The van der Waals surface area contributed by atoms with Gasteiger partial charge in [-0.05, 0) is 19.1 Å². The molecule has 11 heteroatoms. The number of aryl methyl sites for hydroxylation is 1. The van der Waals surface area contributed by atoms with E-state index in [0.29, 0.717) is 5.56 Å². The van der Waals surface area contributed by atoms with E-state index in [-0.39, 0.29) is 16.8 Å². The summed E-state index contributed by atoms with van der Waals surface area (Å²) in [6.07, 6.45) is -0.833. The molecule has 0 aliphatic carbocycles. The van der Waals surface area contributed by atoms with Gasteiger partial charge in [-0.3, -0.25) is 18.9 Å². The molecule has 0 aromatic carbocycles. The third kappa shape index (κ3) is 4.07. The van der Waals surface area contributed by atoms with E-state index in [0.717, 1.165) is 0 Å². The van der Waals surface area contributed by atoms with Gasteiger partial charge < -0.3 is 19.6 Å². The zero-order valence-corrected chi connectivity index (χ0v) is 12.7. The number of phosphoric ester groups is 1. The third-order valence-corrected chi connectivity index (χ3v) is 3.87. The molecule has 118 valence electrons. The molecule has 2 heterocycles. The van der Waals surface area contributed by atoms with E-state index < -0.39 is 32.9 Å². The molecule has 21 heavy (non-hydrogen) atoms. The van der Waals surface area contributed by atoms with Crippen molar-refractivity contribution in [2.24, 2.45) is 0 Å². The molecule has 0 spiro atoms. The molecule has 0 amide bonds. The van der Waals surface area contributed by atoms with Gasteiger partial charge in [0.25, 0.3) is 5.56 Å². The number of hydrogen-bond donors (Lipinski definition) is 4. The van der Waals surface area contributed by atoms with Crippen LogP contribution in [0.3, 0.4) is 0 Å². The maximum absolute atomic E-state index is 11.4. The van der Waals surface area contributed by atoms with E-state index in [1.165, 1.54) is 10.8 Å². The molecule has 9 nitrogen and oxygen atoms in total. The second-order valence-corrected chi connectivity index (χ2v) is 6.32. The molecule has 1 aromatic heterocycles. The smallest absolute Gasteiger partial charge is 0.390 e. The number of phosphoric acid groups is 1. The van der Waals surface area contributed by atoms with Gasteiger partial charge in [0.15, 0.2) is 4.77 Å². The van der Waals surface area contributed by atoms with Crippen molar-refractivity contribution in [3.63, 3.8) is 0 Å². The summed E-state index contributed by atoms with van der Waals surface area (Å²) in [4.78, 5) is 31.2. The van der Waals surface area contributed by atoms with Crippen LogP contribution in [0.25, 0.3) is 0 Å². The Balaban J connectivity index is 2.14. The zero-order valence-electron chi connectivity index (χ0n) is 11.0. The van der Waals surface area contributed by atoms with Gasteiger partial charge in [0, 0.05) is 18.2 Å². The first-order valence-electron chi connectivity index (χ1n) is 6.03. The van der Waals surface area contributed by atoms with Gasteiger partial charge in [0.05, 0.1) is 12.7 Å². The minimum atomic E-state index is -4.63. The van der Waals surface area contributed by atoms with E-state index >= 15 is 0 Å². The van der Waals surface area contributed by atoms with Crippen LogP contribution < -0.4 is 5.56 Å². The van der Waals surface area contributed by atoms with E-state index in [2.05, 4.69) is 9.51 Å². The summed E-state index contributed by atoms with van der Waals surface area (Å²) in [6.45, 7) is 1.15. The summed E-state index contributed by atoms with van der Waals surface area (Å²) in [5, 5.41) is 9.86. The molecule has 0 bridgehead atoms. The van der Waals surface area contributed by atoms with Crippen LogP contribution >= 0.6 is 20.0 Å². The molecule has 3 atom stereocenters. The van der Waals surface area contributed by atoms with Gasteiger partial charge in [-0.15, -0.1) is 0 Å². The number of ether oxygens (including phenoxy) is 1. The van der Waals surface area contributed by atoms with Crippen LogP contribution in [0, 0.1) is 11.7 Å². The standard InChI is InChI=1S/C10H15N2O7PS/c1-5-3-12(10(21)11-9(5)14)8-2-6(13)7(19-8)4-18-20(15,16)17/h3,6-8,13H,2,4H2,1H3,(H,11,14,21)(H2,15,16,17)/t6-,7+,8+/m0/s1. The summed E-state index contributed by atoms with van der Waals surface area (Å²) in [5.74, 6) is 0. The number of H-pyrrole nitrogens is 1. The Kier molecular flexibility index (Phi) is 4.79. The van der Waals surface area contributed by atoms with E-state index in [1.807, 2.05) is 0 Å². The third-order valence-electron chi connectivity index (χ3n) is 3.07. The molecule has 2 rings (SSSR count). The normalized spacial score (nSPS) is 26.2. The van der Waals surface area contributed by atoms with Crippen LogP contribution in [0.1, 0.15) is 18.2 Å².